The monoisotopic (exact) mass is 448 g/mol. The van der Waals surface area contributed by atoms with Crippen LogP contribution in [-0.2, 0) is 9.59 Å². The van der Waals surface area contributed by atoms with Crippen LogP contribution in [0.25, 0.3) is 10.2 Å². The lowest BCUT2D eigenvalue weighted by atomic mass is 10.1. The number of rotatable bonds is 4. The Balaban J connectivity index is 1.27. The van der Waals surface area contributed by atoms with E-state index in [0.29, 0.717) is 11.0 Å². The third kappa shape index (κ3) is 3.99. The number of nitrogens with one attached hydrogen (secondary N) is 1. The van der Waals surface area contributed by atoms with Crippen LogP contribution in [0.3, 0.4) is 0 Å². The summed E-state index contributed by atoms with van der Waals surface area (Å²) in [5, 5.41) is 9.54. The Hall–Kier alpha value is -3.37. The van der Waals surface area contributed by atoms with E-state index in [0.717, 1.165) is 33.2 Å². The molecule has 1 aromatic heterocycles. The maximum absolute atomic E-state index is 12.4. The molecule has 0 aliphatic carbocycles. The first-order chi connectivity index (χ1) is 15.1. The molecule has 5 rings (SSSR count). The highest BCUT2D eigenvalue weighted by molar-refractivity contribution is 8.14. The van der Waals surface area contributed by atoms with Crippen LogP contribution in [-0.4, -0.2) is 39.8 Å². The van der Waals surface area contributed by atoms with Crippen LogP contribution in [0.15, 0.2) is 63.6 Å². The van der Waals surface area contributed by atoms with Crippen molar-refractivity contribution in [1.82, 2.24) is 4.98 Å². The lowest BCUT2D eigenvalue weighted by Gasteiger charge is -2.20. The summed E-state index contributed by atoms with van der Waals surface area (Å²) in [6, 6.07) is 15.5. The molecule has 2 aromatic carbocycles. The minimum atomic E-state index is -0.595. The number of thiazole rings is 1. The minimum absolute atomic E-state index is 0.0644. The molecule has 1 N–H and O–H groups in total. The number of aryl methyl sites for hydroxylation is 1. The van der Waals surface area contributed by atoms with Crippen LogP contribution in [0.5, 0.6) is 0 Å². The Labute approximate surface area is 185 Å². The molecule has 2 amide bonds. The number of nitrogens with zero attached hydrogens (tertiary/aromatic N) is 5. The quantitative estimate of drug-likeness (QED) is 0.656. The molecule has 10 heteroatoms. The van der Waals surface area contributed by atoms with E-state index in [-0.39, 0.29) is 22.7 Å². The number of anilines is 2. The fourth-order valence-corrected chi connectivity index (χ4v) is 4.66. The number of hydrazone groups is 1. The zero-order valence-electron chi connectivity index (χ0n) is 16.3. The molecule has 154 valence electrons. The van der Waals surface area contributed by atoms with Gasteiger partial charge in [0.2, 0.25) is 5.91 Å². The van der Waals surface area contributed by atoms with E-state index in [9.17, 15) is 9.59 Å². The Kier molecular flexibility index (Phi) is 5.08. The molecule has 0 radical (unpaired) electrons. The second-order valence-corrected chi connectivity index (χ2v) is 8.89. The van der Waals surface area contributed by atoms with Crippen LogP contribution in [0.1, 0.15) is 5.56 Å². The van der Waals surface area contributed by atoms with Crippen molar-refractivity contribution in [3.63, 3.8) is 0 Å². The third-order valence-corrected chi connectivity index (χ3v) is 6.46. The highest BCUT2D eigenvalue weighted by atomic mass is 32.2. The number of benzene rings is 2. The van der Waals surface area contributed by atoms with E-state index >= 15 is 0 Å². The van der Waals surface area contributed by atoms with Gasteiger partial charge < -0.3 is 5.32 Å². The highest BCUT2D eigenvalue weighted by Gasteiger charge is 2.36. The maximum atomic E-state index is 12.4. The first-order valence-electron chi connectivity index (χ1n) is 9.47. The van der Waals surface area contributed by atoms with Gasteiger partial charge in [0.25, 0.3) is 5.91 Å². The molecule has 1 unspecified atom stereocenters. The van der Waals surface area contributed by atoms with Crippen molar-refractivity contribution in [3.8, 4) is 0 Å². The van der Waals surface area contributed by atoms with E-state index in [2.05, 4.69) is 25.4 Å². The van der Waals surface area contributed by atoms with Gasteiger partial charge in [-0.15, -0.1) is 0 Å². The normalized spacial score (nSPS) is 17.5. The Morgan fingerprint density at radius 2 is 1.97 bits per heavy atom. The van der Waals surface area contributed by atoms with Gasteiger partial charge in [0.1, 0.15) is 5.92 Å². The van der Waals surface area contributed by atoms with Crippen LogP contribution in [0, 0.1) is 12.8 Å². The molecule has 0 saturated heterocycles. The number of amidine groups is 2. The third-order valence-electron chi connectivity index (χ3n) is 4.66. The number of para-hydroxylation sites is 1. The molecule has 31 heavy (non-hydrogen) atoms. The van der Waals surface area contributed by atoms with Gasteiger partial charge >= 0.3 is 0 Å². The minimum Gasteiger partial charge on any atom is -0.301 e. The second-order valence-electron chi connectivity index (χ2n) is 6.92. The highest BCUT2D eigenvalue weighted by Crippen LogP contribution is 2.28. The van der Waals surface area contributed by atoms with Gasteiger partial charge in [-0.25, -0.2) is 15.0 Å². The topological polar surface area (TPSA) is 99.4 Å². The second kappa shape index (κ2) is 8.05. The lowest BCUT2D eigenvalue weighted by molar-refractivity contribution is -0.118. The number of aromatic nitrogens is 1. The number of fused-ring (bicyclic) bond motifs is 2. The van der Waals surface area contributed by atoms with Crippen LogP contribution in [0.2, 0.25) is 0 Å². The van der Waals surface area contributed by atoms with Crippen molar-refractivity contribution < 1.29 is 9.59 Å². The summed E-state index contributed by atoms with van der Waals surface area (Å²) < 4.78 is 1.00. The summed E-state index contributed by atoms with van der Waals surface area (Å²) in [6.45, 7) is 2.00. The van der Waals surface area contributed by atoms with Crippen molar-refractivity contribution >= 4 is 73.2 Å². The zero-order valence-corrected chi connectivity index (χ0v) is 18.0. The molecule has 0 saturated carbocycles. The van der Waals surface area contributed by atoms with Gasteiger partial charge in [0.15, 0.2) is 16.1 Å². The number of hydrogen-bond acceptors (Lipinski definition) is 8. The van der Waals surface area contributed by atoms with Crippen LogP contribution < -0.4 is 10.3 Å². The maximum Gasteiger partial charge on any atom is 0.264 e. The molecular formula is C21H16N6O2S2. The standard InChI is InChI=1S/C21H16N6O2S2/c1-12-6-8-13(9-7-12)27-18-14(10-22-27)19(29)26-20(25-18)30-11-17(28)24-21-23-15-4-2-3-5-16(15)31-21/h2-10,14H,11H2,1H3,(H,23,24,28). The fourth-order valence-electron chi connectivity index (χ4n) is 3.13. The van der Waals surface area contributed by atoms with Gasteiger partial charge in [-0.3, -0.25) is 9.59 Å². The predicted octanol–water partition coefficient (Wildman–Crippen LogP) is 3.69. The summed E-state index contributed by atoms with van der Waals surface area (Å²) in [7, 11) is 0. The average Bonchev–Trinajstić information content (AvgIpc) is 3.37. The Morgan fingerprint density at radius 3 is 2.77 bits per heavy atom. The molecule has 2 aliphatic rings. The van der Waals surface area contributed by atoms with Crippen molar-refractivity contribution in [2.24, 2.45) is 21.0 Å². The van der Waals surface area contributed by atoms with E-state index < -0.39 is 5.92 Å². The average molecular weight is 449 g/mol. The molecule has 0 spiro atoms. The van der Waals surface area contributed by atoms with Gasteiger partial charge in [-0.05, 0) is 31.2 Å². The van der Waals surface area contributed by atoms with Gasteiger partial charge in [0, 0.05) is 6.21 Å². The summed E-state index contributed by atoms with van der Waals surface area (Å²) >= 11 is 2.52. The summed E-state index contributed by atoms with van der Waals surface area (Å²) in [4.78, 5) is 37.7. The van der Waals surface area contributed by atoms with E-state index in [1.165, 1.54) is 11.3 Å². The van der Waals surface area contributed by atoms with Crippen molar-refractivity contribution in [2.75, 3.05) is 16.1 Å². The molecule has 0 fully saturated rings. The van der Waals surface area contributed by atoms with Crippen molar-refractivity contribution in [3.05, 3.63) is 54.1 Å². The number of hydrogen-bond donors (Lipinski definition) is 1. The zero-order chi connectivity index (χ0) is 21.4. The summed E-state index contributed by atoms with van der Waals surface area (Å²) in [5.41, 5.74) is 2.78. The number of carbonyl (C=O) groups excluding carboxylic acids is 2. The van der Waals surface area contributed by atoms with E-state index in [1.807, 2.05) is 55.5 Å². The van der Waals surface area contributed by atoms with Gasteiger partial charge in [-0.1, -0.05) is 52.9 Å². The number of amides is 2. The SMILES string of the molecule is Cc1ccc(N2N=CC3C(=O)N=C(SCC(=O)Nc4nc5ccccc5s4)N=C32)cc1. The fraction of sp³-hybridized carbons (Fsp3) is 0.143. The molecule has 0 bridgehead atoms. The molecule has 3 heterocycles. The number of aliphatic imine (C=N–C) groups is 2. The molecule has 1 atom stereocenters. The molecular weight excluding hydrogens is 432 g/mol. The summed E-state index contributed by atoms with van der Waals surface area (Å²) in [6.07, 6.45) is 1.55. The number of thioether (sulfide) groups is 1. The van der Waals surface area contributed by atoms with E-state index in [1.54, 1.807) is 11.2 Å². The molecule has 3 aromatic rings. The Morgan fingerprint density at radius 1 is 1.16 bits per heavy atom. The van der Waals surface area contributed by atoms with Crippen molar-refractivity contribution in [1.29, 1.82) is 0 Å². The van der Waals surface area contributed by atoms with Crippen molar-refractivity contribution in [2.45, 2.75) is 6.92 Å². The molecule has 2 aliphatic heterocycles. The van der Waals surface area contributed by atoms with E-state index in [4.69, 9.17) is 0 Å². The molecule has 8 nitrogen and oxygen atoms in total. The first kappa shape index (κ1) is 19.6. The van der Waals surface area contributed by atoms with Gasteiger partial charge in [-0.2, -0.15) is 10.1 Å². The lowest BCUT2D eigenvalue weighted by Crippen LogP contribution is -2.34. The van der Waals surface area contributed by atoms with Crippen LogP contribution in [0.4, 0.5) is 10.8 Å². The van der Waals surface area contributed by atoms with Crippen LogP contribution >= 0.6 is 23.1 Å². The smallest absolute Gasteiger partial charge is 0.264 e. The Bertz CT molecular complexity index is 1250. The first-order valence-corrected chi connectivity index (χ1v) is 11.3. The largest absolute Gasteiger partial charge is 0.301 e. The van der Waals surface area contributed by atoms with Gasteiger partial charge in [0.05, 0.1) is 21.7 Å². The summed E-state index contributed by atoms with van der Waals surface area (Å²) in [5.74, 6) is -0.605. The predicted molar refractivity (Wildman–Crippen MR) is 126 cm³/mol. The number of carbonyl (C=O) groups is 2.